The second kappa shape index (κ2) is 7.10. The maximum absolute atomic E-state index is 12.2. The van der Waals surface area contributed by atoms with Crippen molar-refractivity contribution in [3.8, 4) is 0 Å². The Morgan fingerprint density at radius 2 is 1.96 bits per heavy atom. The van der Waals surface area contributed by atoms with Gasteiger partial charge in [0.15, 0.2) is 0 Å². The number of aliphatic hydroxyl groups is 1. The molecule has 0 unspecified atom stereocenters. The number of hydrogen-bond acceptors (Lipinski definition) is 7. The number of carbonyl (C=O) groups is 1. The number of amides is 1. The first kappa shape index (κ1) is 17.2. The fraction of sp³-hybridized carbons (Fsp3) is 0.471. The van der Waals surface area contributed by atoms with Crippen LogP contribution in [-0.2, 0) is 0 Å². The van der Waals surface area contributed by atoms with Crippen molar-refractivity contribution in [2.45, 2.75) is 31.8 Å². The van der Waals surface area contributed by atoms with Crippen molar-refractivity contribution in [3.63, 3.8) is 0 Å². The van der Waals surface area contributed by atoms with Crippen molar-refractivity contribution in [2.75, 3.05) is 24.5 Å². The zero-order chi connectivity index (χ0) is 17.9. The normalized spacial score (nSPS) is 20.1. The van der Waals surface area contributed by atoms with Crippen molar-refractivity contribution < 1.29 is 9.90 Å². The third kappa shape index (κ3) is 4.08. The molecule has 1 fully saturated rings. The molecule has 3 rings (SSSR count). The van der Waals surface area contributed by atoms with Crippen molar-refractivity contribution in [3.05, 3.63) is 42.2 Å². The molecule has 1 atom stereocenters. The Hall–Kier alpha value is -2.61. The van der Waals surface area contributed by atoms with Gasteiger partial charge >= 0.3 is 0 Å². The van der Waals surface area contributed by atoms with Crippen LogP contribution >= 0.6 is 0 Å². The van der Waals surface area contributed by atoms with Crippen molar-refractivity contribution >= 4 is 11.9 Å². The van der Waals surface area contributed by atoms with Crippen LogP contribution < -0.4 is 10.2 Å². The molecule has 8 heteroatoms. The smallest absolute Gasteiger partial charge is 0.254 e. The molecule has 0 radical (unpaired) electrons. The number of rotatable bonds is 5. The molecule has 0 aromatic carbocycles. The van der Waals surface area contributed by atoms with E-state index in [2.05, 4.69) is 25.3 Å². The summed E-state index contributed by atoms with van der Waals surface area (Å²) < 4.78 is 0. The van der Waals surface area contributed by atoms with E-state index in [1.165, 1.54) is 12.4 Å². The number of nitrogens with one attached hydrogen (secondary N) is 1. The Bertz CT molecular complexity index is 722. The minimum Gasteiger partial charge on any atom is -0.386 e. The minimum absolute atomic E-state index is 0.154. The molecule has 1 aliphatic heterocycles. The first-order valence-electron chi connectivity index (χ1n) is 8.31. The molecule has 2 aromatic rings. The van der Waals surface area contributed by atoms with Crippen LogP contribution in [0.25, 0.3) is 0 Å². The van der Waals surface area contributed by atoms with Gasteiger partial charge < -0.3 is 15.3 Å². The van der Waals surface area contributed by atoms with E-state index in [-0.39, 0.29) is 18.4 Å². The van der Waals surface area contributed by atoms with Crippen molar-refractivity contribution in [2.24, 2.45) is 0 Å². The largest absolute Gasteiger partial charge is 0.386 e. The SMILES string of the molecule is CC(C)c1ncc(C(=O)NC[C@]2(O)CCN(c3ncccn3)C2)cn1. The average molecular weight is 342 g/mol. The topological polar surface area (TPSA) is 104 Å². The van der Waals surface area contributed by atoms with Gasteiger partial charge in [-0.1, -0.05) is 13.8 Å². The van der Waals surface area contributed by atoms with E-state index in [0.717, 1.165) is 0 Å². The van der Waals surface area contributed by atoms with Crippen LogP contribution in [-0.4, -0.2) is 56.2 Å². The highest BCUT2D eigenvalue weighted by Gasteiger charge is 2.37. The lowest BCUT2D eigenvalue weighted by molar-refractivity contribution is 0.0575. The summed E-state index contributed by atoms with van der Waals surface area (Å²) in [6, 6.07) is 1.75. The summed E-state index contributed by atoms with van der Waals surface area (Å²) in [5, 5.41) is 13.5. The summed E-state index contributed by atoms with van der Waals surface area (Å²) in [4.78, 5) is 30.9. The third-order valence-electron chi connectivity index (χ3n) is 4.20. The molecule has 1 aliphatic rings. The molecule has 1 saturated heterocycles. The number of anilines is 1. The second-order valence-electron chi connectivity index (χ2n) is 6.61. The van der Waals surface area contributed by atoms with E-state index in [1.54, 1.807) is 18.5 Å². The fourth-order valence-corrected chi connectivity index (χ4v) is 2.73. The zero-order valence-electron chi connectivity index (χ0n) is 14.4. The van der Waals surface area contributed by atoms with Gasteiger partial charge in [-0.2, -0.15) is 0 Å². The number of β-amino-alcohol motifs (C(OH)–C–C–N with tert-alkyl or cyclic N) is 1. The zero-order valence-corrected chi connectivity index (χ0v) is 14.4. The summed E-state index contributed by atoms with van der Waals surface area (Å²) in [5.74, 6) is 1.20. The quantitative estimate of drug-likeness (QED) is 0.826. The van der Waals surface area contributed by atoms with E-state index in [4.69, 9.17) is 0 Å². The van der Waals surface area contributed by atoms with Crippen LogP contribution in [0.15, 0.2) is 30.9 Å². The van der Waals surface area contributed by atoms with Crippen LogP contribution in [0.2, 0.25) is 0 Å². The molecule has 1 amide bonds. The first-order chi connectivity index (χ1) is 12.0. The highest BCUT2D eigenvalue weighted by Crippen LogP contribution is 2.23. The van der Waals surface area contributed by atoms with Gasteiger partial charge in [0.1, 0.15) is 11.4 Å². The van der Waals surface area contributed by atoms with Crippen LogP contribution in [0, 0.1) is 0 Å². The fourth-order valence-electron chi connectivity index (χ4n) is 2.73. The Morgan fingerprint density at radius 3 is 2.60 bits per heavy atom. The standard InChI is InChI=1S/C17H22N6O2/c1-12(2)14-20-8-13(9-21-14)15(24)22-10-17(25)4-7-23(11-17)16-18-5-3-6-19-16/h3,5-6,8-9,12,25H,4,7,10-11H2,1-2H3,(H,22,24)/t17-/m1/s1. The molecule has 0 spiro atoms. The van der Waals surface area contributed by atoms with E-state index >= 15 is 0 Å². The summed E-state index contributed by atoms with van der Waals surface area (Å²) in [7, 11) is 0. The van der Waals surface area contributed by atoms with Crippen LogP contribution in [0.1, 0.15) is 42.4 Å². The molecule has 8 nitrogen and oxygen atoms in total. The Balaban J connectivity index is 1.56. The lowest BCUT2D eigenvalue weighted by Gasteiger charge is -2.23. The van der Waals surface area contributed by atoms with Gasteiger partial charge in [0.05, 0.1) is 12.1 Å². The number of nitrogens with zero attached hydrogens (tertiary/aromatic N) is 5. The summed E-state index contributed by atoms with van der Waals surface area (Å²) >= 11 is 0. The summed E-state index contributed by atoms with van der Waals surface area (Å²) in [6.45, 7) is 5.16. The molecular formula is C17H22N6O2. The van der Waals surface area contributed by atoms with Crippen molar-refractivity contribution in [1.82, 2.24) is 25.3 Å². The Morgan fingerprint density at radius 1 is 1.28 bits per heavy atom. The van der Waals surface area contributed by atoms with Gasteiger partial charge in [-0.3, -0.25) is 4.79 Å². The molecule has 0 saturated carbocycles. The van der Waals surface area contributed by atoms with Gasteiger partial charge in [0, 0.05) is 43.8 Å². The highest BCUT2D eigenvalue weighted by molar-refractivity contribution is 5.93. The van der Waals surface area contributed by atoms with Gasteiger partial charge in [-0.25, -0.2) is 19.9 Å². The summed E-state index contributed by atoms with van der Waals surface area (Å²) in [6.07, 6.45) is 6.90. The molecule has 2 aromatic heterocycles. The van der Waals surface area contributed by atoms with E-state index in [0.29, 0.717) is 36.8 Å². The van der Waals surface area contributed by atoms with Gasteiger partial charge in [0.25, 0.3) is 5.91 Å². The van der Waals surface area contributed by atoms with Gasteiger partial charge in [-0.15, -0.1) is 0 Å². The first-order valence-corrected chi connectivity index (χ1v) is 8.31. The minimum atomic E-state index is -1.01. The molecule has 132 valence electrons. The maximum Gasteiger partial charge on any atom is 0.254 e. The number of carbonyl (C=O) groups excluding carboxylic acids is 1. The Labute approximate surface area is 146 Å². The van der Waals surface area contributed by atoms with E-state index in [1.807, 2.05) is 18.7 Å². The molecular weight excluding hydrogens is 320 g/mol. The highest BCUT2D eigenvalue weighted by atomic mass is 16.3. The Kier molecular flexibility index (Phi) is 4.89. The van der Waals surface area contributed by atoms with Crippen molar-refractivity contribution in [1.29, 1.82) is 0 Å². The van der Waals surface area contributed by atoms with E-state index < -0.39 is 5.60 Å². The van der Waals surface area contributed by atoms with Gasteiger partial charge in [-0.05, 0) is 12.5 Å². The maximum atomic E-state index is 12.2. The summed E-state index contributed by atoms with van der Waals surface area (Å²) in [5.41, 5.74) is -0.623. The number of hydrogen-bond donors (Lipinski definition) is 2. The second-order valence-corrected chi connectivity index (χ2v) is 6.61. The average Bonchev–Trinajstić information content (AvgIpc) is 3.03. The predicted molar refractivity (Wildman–Crippen MR) is 92.3 cm³/mol. The van der Waals surface area contributed by atoms with E-state index in [9.17, 15) is 9.90 Å². The monoisotopic (exact) mass is 342 g/mol. The lowest BCUT2D eigenvalue weighted by Crippen LogP contribution is -2.45. The molecule has 0 aliphatic carbocycles. The third-order valence-corrected chi connectivity index (χ3v) is 4.20. The molecule has 0 bridgehead atoms. The number of aromatic nitrogens is 4. The van der Waals surface area contributed by atoms with Gasteiger partial charge in [0.2, 0.25) is 5.95 Å². The molecule has 2 N–H and O–H groups in total. The molecule has 25 heavy (non-hydrogen) atoms. The lowest BCUT2D eigenvalue weighted by atomic mass is 10.0. The van der Waals surface area contributed by atoms with Crippen LogP contribution in [0.5, 0.6) is 0 Å². The van der Waals surface area contributed by atoms with Crippen LogP contribution in [0.4, 0.5) is 5.95 Å². The van der Waals surface area contributed by atoms with Crippen LogP contribution in [0.3, 0.4) is 0 Å². The molecule has 3 heterocycles. The predicted octanol–water partition coefficient (Wildman–Crippen LogP) is 0.761.